The average molecular weight is 569 g/mol. The van der Waals surface area contributed by atoms with E-state index >= 15 is 0 Å². The van der Waals surface area contributed by atoms with E-state index in [0.29, 0.717) is 0 Å². The molecule has 1 saturated carbocycles. The number of fused-ring (bicyclic) bond motifs is 2. The van der Waals surface area contributed by atoms with Gasteiger partial charge in [-0.3, -0.25) is 4.90 Å². The maximum absolute atomic E-state index is 4.83. The number of rotatable bonds is 6. The van der Waals surface area contributed by atoms with Crippen LogP contribution in [0.5, 0.6) is 0 Å². The molecule has 8 rings (SSSR count). The Bertz CT molecular complexity index is 1780. The van der Waals surface area contributed by atoms with Gasteiger partial charge in [-0.1, -0.05) is 54.6 Å². The molecule has 6 nitrogen and oxygen atoms in total. The molecule has 2 fully saturated rings. The largest absolute Gasteiger partial charge is 0.367 e. The lowest BCUT2D eigenvalue weighted by Crippen LogP contribution is -2.43. The second-order valence-corrected chi connectivity index (χ2v) is 12.9. The number of likely N-dealkylation sites (N-methyl/N-ethyl adjacent to an activating group) is 1. The molecule has 0 spiro atoms. The van der Waals surface area contributed by atoms with Crippen LogP contribution < -0.4 is 4.90 Å². The minimum absolute atomic E-state index is 0.812. The zero-order valence-electron chi connectivity index (χ0n) is 25.3. The topological polar surface area (TPSA) is 51.3 Å². The second kappa shape index (κ2) is 10.9. The predicted molar refractivity (Wildman–Crippen MR) is 175 cm³/mol. The van der Waals surface area contributed by atoms with Gasteiger partial charge in [-0.25, -0.2) is 9.97 Å². The Morgan fingerprint density at radius 1 is 0.860 bits per heavy atom. The second-order valence-electron chi connectivity index (χ2n) is 12.9. The number of nitrogens with zero attached hydrogens (tertiary/aromatic N) is 5. The Morgan fingerprint density at radius 2 is 1.70 bits per heavy atom. The summed E-state index contributed by atoms with van der Waals surface area (Å²) < 4.78 is 0. The van der Waals surface area contributed by atoms with Crippen LogP contribution in [0.15, 0.2) is 73.1 Å². The van der Waals surface area contributed by atoms with Gasteiger partial charge in [0.25, 0.3) is 0 Å². The average Bonchev–Trinajstić information content (AvgIpc) is 3.80. The smallest absolute Gasteiger partial charge is 0.141 e. The number of aromatic amines is 1. The minimum atomic E-state index is 0.812. The number of aromatic nitrogens is 3. The Morgan fingerprint density at radius 3 is 2.51 bits per heavy atom. The van der Waals surface area contributed by atoms with Crippen LogP contribution in [0.3, 0.4) is 0 Å². The van der Waals surface area contributed by atoms with Crippen LogP contribution in [-0.4, -0.2) is 64.5 Å². The van der Waals surface area contributed by atoms with E-state index in [4.69, 9.17) is 4.98 Å². The molecule has 1 aliphatic carbocycles. The molecule has 0 bridgehead atoms. The van der Waals surface area contributed by atoms with Gasteiger partial charge in [0.2, 0.25) is 0 Å². The summed E-state index contributed by atoms with van der Waals surface area (Å²) in [5.41, 5.74) is 13.8. The summed E-state index contributed by atoms with van der Waals surface area (Å²) in [4.78, 5) is 20.5. The van der Waals surface area contributed by atoms with Crippen molar-refractivity contribution >= 4 is 16.7 Å². The molecule has 43 heavy (non-hydrogen) atoms. The zero-order valence-corrected chi connectivity index (χ0v) is 25.3. The van der Waals surface area contributed by atoms with E-state index in [1.165, 1.54) is 46.3 Å². The van der Waals surface area contributed by atoms with Crippen molar-refractivity contribution in [3.8, 4) is 22.5 Å². The molecule has 2 aromatic heterocycles. The van der Waals surface area contributed by atoms with E-state index in [9.17, 15) is 0 Å². The molecule has 3 aromatic carbocycles. The van der Waals surface area contributed by atoms with Crippen LogP contribution in [0.1, 0.15) is 46.6 Å². The molecule has 0 amide bonds. The molecular weight excluding hydrogens is 528 g/mol. The Kier molecular flexibility index (Phi) is 6.76. The molecule has 5 aromatic rings. The number of hydrogen-bond donors (Lipinski definition) is 1. The van der Waals surface area contributed by atoms with Gasteiger partial charge in [0.05, 0.1) is 5.69 Å². The van der Waals surface area contributed by atoms with Gasteiger partial charge >= 0.3 is 0 Å². The Labute approximate surface area is 254 Å². The van der Waals surface area contributed by atoms with Crippen LogP contribution >= 0.6 is 0 Å². The quantitative estimate of drug-likeness (QED) is 0.245. The van der Waals surface area contributed by atoms with Crippen molar-refractivity contribution in [1.82, 2.24) is 24.8 Å². The third kappa shape index (κ3) is 5.23. The normalized spacial score (nSPS) is 17.9. The lowest BCUT2D eigenvalue weighted by Gasteiger charge is -2.32. The maximum Gasteiger partial charge on any atom is 0.141 e. The first kappa shape index (κ1) is 26.6. The first-order chi connectivity index (χ1) is 21.1. The molecule has 0 unspecified atom stereocenters. The van der Waals surface area contributed by atoms with Gasteiger partial charge in [-0.15, -0.1) is 0 Å². The monoisotopic (exact) mass is 568 g/mol. The van der Waals surface area contributed by atoms with Gasteiger partial charge in [0, 0.05) is 68.1 Å². The summed E-state index contributed by atoms with van der Waals surface area (Å²) in [7, 11) is 2.21. The van der Waals surface area contributed by atoms with E-state index < -0.39 is 0 Å². The highest BCUT2D eigenvalue weighted by Gasteiger charge is 2.26. The van der Waals surface area contributed by atoms with Gasteiger partial charge in [-0.2, -0.15) is 0 Å². The number of H-pyrrole nitrogens is 1. The SMILES string of the molecule is Cc1c(-c2ncnc3[nH]c(-c4ccc(CN5CCN(C)CC5)cc4)cc23)cccc1N1CCc2cc(C3CC3)ccc2C1. The van der Waals surface area contributed by atoms with E-state index in [1.807, 2.05) is 0 Å². The van der Waals surface area contributed by atoms with E-state index in [0.717, 1.165) is 80.6 Å². The third-order valence-electron chi connectivity index (χ3n) is 9.89. The lowest BCUT2D eigenvalue weighted by molar-refractivity contribution is 0.148. The fourth-order valence-corrected chi connectivity index (χ4v) is 7.04. The van der Waals surface area contributed by atoms with E-state index in [1.54, 1.807) is 17.5 Å². The molecule has 6 heteroatoms. The van der Waals surface area contributed by atoms with Gasteiger partial charge in [-0.05, 0) is 84.7 Å². The molecule has 1 N–H and O–H groups in total. The van der Waals surface area contributed by atoms with Crippen molar-refractivity contribution in [2.45, 2.75) is 45.2 Å². The lowest BCUT2D eigenvalue weighted by atomic mass is 9.94. The molecule has 218 valence electrons. The maximum atomic E-state index is 4.83. The molecule has 0 radical (unpaired) electrons. The number of piperazine rings is 1. The molecule has 3 aliphatic rings. The summed E-state index contributed by atoms with van der Waals surface area (Å²) in [5, 5.41) is 1.07. The van der Waals surface area contributed by atoms with Crippen LogP contribution in [0.2, 0.25) is 0 Å². The van der Waals surface area contributed by atoms with Gasteiger partial charge < -0.3 is 14.8 Å². The van der Waals surface area contributed by atoms with Crippen molar-refractivity contribution < 1.29 is 0 Å². The summed E-state index contributed by atoms with van der Waals surface area (Å²) in [6.07, 6.45) is 5.52. The van der Waals surface area contributed by atoms with Crippen LogP contribution in [0, 0.1) is 6.92 Å². The Balaban J connectivity index is 1.05. The summed E-state index contributed by atoms with van der Waals surface area (Å²) in [5.74, 6) is 0.812. The van der Waals surface area contributed by atoms with Crippen molar-refractivity contribution in [2.75, 3.05) is 44.7 Å². The van der Waals surface area contributed by atoms with Crippen molar-refractivity contribution in [3.05, 3.63) is 101 Å². The van der Waals surface area contributed by atoms with Crippen molar-refractivity contribution in [1.29, 1.82) is 0 Å². The molecule has 2 aliphatic heterocycles. The molecule has 0 atom stereocenters. The highest BCUT2D eigenvalue weighted by atomic mass is 15.2. The first-order valence-electron chi connectivity index (χ1n) is 15.9. The molecule has 1 saturated heterocycles. The highest BCUT2D eigenvalue weighted by Crippen LogP contribution is 2.42. The van der Waals surface area contributed by atoms with Gasteiger partial charge in [0.15, 0.2) is 0 Å². The fraction of sp³-hybridized carbons (Fsp3) is 0.351. The number of nitrogens with one attached hydrogen (secondary N) is 1. The number of anilines is 1. The number of benzene rings is 3. The fourth-order valence-electron chi connectivity index (χ4n) is 7.04. The minimum Gasteiger partial charge on any atom is -0.367 e. The molecular formula is C37H40N6. The summed E-state index contributed by atoms with van der Waals surface area (Å²) in [6.45, 7) is 9.82. The summed E-state index contributed by atoms with van der Waals surface area (Å²) in [6, 6.07) is 25.1. The van der Waals surface area contributed by atoms with Crippen molar-refractivity contribution in [3.63, 3.8) is 0 Å². The molecule has 4 heterocycles. The van der Waals surface area contributed by atoms with E-state index in [2.05, 4.69) is 105 Å². The number of hydrogen-bond acceptors (Lipinski definition) is 5. The van der Waals surface area contributed by atoms with Crippen LogP contribution in [0.25, 0.3) is 33.5 Å². The van der Waals surface area contributed by atoms with Gasteiger partial charge in [0.1, 0.15) is 12.0 Å². The third-order valence-corrected chi connectivity index (χ3v) is 9.89. The first-order valence-corrected chi connectivity index (χ1v) is 15.9. The summed E-state index contributed by atoms with van der Waals surface area (Å²) >= 11 is 0. The van der Waals surface area contributed by atoms with Crippen molar-refractivity contribution in [2.24, 2.45) is 0 Å². The zero-order chi connectivity index (χ0) is 28.9. The van der Waals surface area contributed by atoms with Crippen LogP contribution in [-0.2, 0) is 19.5 Å². The van der Waals surface area contributed by atoms with E-state index in [-0.39, 0.29) is 0 Å². The Hall–Kier alpha value is -4.00. The highest BCUT2D eigenvalue weighted by molar-refractivity contribution is 5.95. The predicted octanol–water partition coefficient (Wildman–Crippen LogP) is 6.79. The standard InChI is InChI=1S/C37H40N6/c1-25-32(4-3-5-35(25)43-15-14-30-20-29(27-10-11-27)12-13-31(30)23-43)36-33-21-34(40-37(33)39-24-38-36)28-8-6-26(7-9-28)22-42-18-16-41(2)17-19-42/h3-9,12-13,20-21,24,27H,10-11,14-19,22-23H2,1-2H3,(H,38,39,40). The van der Waals surface area contributed by atoms with Crippen LogP contribution in [0.4, 0.5) is 5.69 Å².